The molecule has 2 aromatic carbocycles. The van der Waals surface area contributed by atoms with Crippen molar-refractivity contribution in [3.63, 3.8) is 0 Å². The van der Waals surface area contributed by atoms with Crippen LogP contribution in [0.1, 0.15) is 49.7 Å². The Bertz CT molecular complexity index is 1250. The monoisotopic (exact) mass is 509 g/mol. The number of likely N-dealkylation sites (tertiary alicyclic amines) is 1. The molecule has 1 atom stereocenters. The van der Waals surface area contributed by atoms with Gasteiger partial charge in [-0.1, -0.05) is 24.3 Å². The third kappa shape index (κ3) is 5.52. The molecule has 2 heterocycles. The van der Waals surface area contributed by atoms with Gasteiger partial charge in [-0.3, -0.25) is 9.59 Å². The number of nitrogens with zero attached hydrogens (tertiary/aromatic N) is 2. The lowest BCUT2D eigenvalue weighted by Crippen LogP contribution is -2.54. The highest BCUT2D eigenvalue weighted by molar-refractivity contribution is 5.87. The van der Waals surface area contributed by atoms with Gasteiger partial charge >= 0.3 is 11.9 Å². The number of alkyl halides is 1. The largest absolute Gasteiger partial charge is 0.481 e. The van der Waals surface area contributed by atoms with Gasteiger partial charge in [0.2, 0.25) is 5.78 Å². The molecule has 1 unspecified atom stereocenters. The summed E-state index contributed by atoms with van der Waals surface area (Å²) >= 11 is 0. The SMILES string of the molecule is Cc1cc(CC(=O)C(F)(OC2CCC(C(=O)O)CC2)N2CCCC2)ccc1Nc1nc2ccccc2o1. The zero-order chi connectivity index (χ0) is 26.0. The summed E-state index contributed by atoms with van der Waals surface area (Å²) in [5.41, 5.74) is 3.77. The van der Waals surface area contributed by atoms with Crippen LogP contribution in [0.2, 0.25) is 0 Å². The molecule has 1 aliphatic carbocycles. The number of para-hydroxylation sites is 2. The first-order valence-corrected chi connectivity index (χ1v) is 12.9. The highest BCUT2D eigenvalue weighted by Gasteiger charge is 2.48. The molecule has 1 aromatic heterocycles. The van der Waals surface area contributed by atoms with E-state index < -0.39 is 29.8 Å². The predicted octanol–water partition coefficient (Wildman–Crippen LogP) is 5.37. The number of carboxylic acids is 1. The number of aliphatic carboxylic acids is 1. The molecule has 0 radical (unpaired) electrons. The average molecular weight is 510 g/mol. The van der Waals surface area contributed by atoms with Crippen molar-refractivity contribution >= 4 is 34.6 Å². The number of Topliss-reactive ketones (excluding diaryl/α,β-unsaturated/α-hetero) is 1. The Kier molecular flexibility index (Phi) is 7.26. The zero-order valence-electron chi connectivity index (χ0n) is 20.9. The molecule has 2 aliphatic rings. The first kappa shape index (κ1) is 25.4. The topological polar surface area (TPSA) is 105 Å². The van der Waals surface area contributed by atoms with Crippen molar-refractivity contribution in [3.8, 4) is 0 Å². The van der Waals surface area contributed by atoms with E-state index in [2.05, 4.69) is 10.3 Å². The van der Waals surface area contributed by atoms with E-state index in [1.54, 1.807) is 6.07 Å². The van der Waals surface area contributed by atoms with Crippen LogP contribution < -0.4 is 5.32 Å². The molecule has 2 fully saturated rings. The summed E-state index contributed by atoms with van der Waals surface area (Å²) < 4.78 is 28.0. The number of halogens is 1. The smallest absolute Gasteiger partial charge is 0.330 e. The summed E-state index contributed by atoms with van der Waals surface area (Å²) in [6, 6.07) is 13.3. The third-order valence-corrected chi connectivity index (χ3v) is 7.39. The van der Waals surface area contributed by atoms with Crippen molar-refractivity contribution in [3.05, 3.63) is 53.6 Å². The number of hydrogen-bond donors (Lipinski definition) is 2. The van der Waals surface area contributed by atoms with Gasteiger partial charge in [0.1, 0.15) is 5.52 Å². The number of ketones is 1. The van der Waals surface area contributed by atoms with Crippen LogP contribution in [0.25, 0.3) is 11.1 Å². The van der Waals surface area contributed by atoms with Gasteiger partial charge < -0.3 is 19.6 Å². The fourth-order valence-electron chi connectivity index (χ4n) is 5.28. The Morgan fingerprint density at radius 1 is 1.16 bits per heavy atom. The Morgan fingerprint density at radius 2 is 1.89 bits per heavy atom. The van der Waals surface area contributed by atoms with Crippen LogP contribution in [0.15, 0.2) is 46.9 Å². The molecule has 196 valence electrons. The van der Waals surface area contributed by atoms with Gasteiger partial charge in [-0.05, 0) is 74.8 Å². The lowest BCUT2D eigenvalue weighted by Gasteiger charge is -2.37. The molecule has 1 saturated heterocycles. The van der Waals surface area contributed by atoms with Gasteiger partial charge in [0, 0.05) is 25.2 Å². The van der Waals surface area contributed by atoms with Crippen molar-refractivity contribution in [2.24, 2.45) is 5.92 Å². The number of fused-ring (bicyclic) bond motifs is 1. The van der Waals surface area contributed by atoms with Gasteiger partial charge in [-0.25, -0.2) is 4.90 Å². The van der Waals surface area contributed by atoms with Crippen LogP contribution in [-0.4, -0.2) is 51.9 Å². The number of carbonyl (C=O) groups is 2. The van der Waals surface area contributed by atoms with Crippen molar-refractivity contribution in [1.82, 2.24) is 9.88 Å². The van der Waals surface area contributed by atoms with E-state index in [9.17, 15) is 14.7 Å². The number of rotatable bonds is 9. The average Bonchev–Trinajstić information content (AvgIpc) is 3.56. The van der Waals surface area contributed by atoms with Gasteiger partial charge in [0.25, 0.3) is 6.01 Å². The van der Waals surface area contributed by atoms with E-state index in [0.717, 1.165) is 29.6 Å². The molecule has 37 heavy (non-hydrogen) atoms. The van der Waals surface area contributed by atoms with E-state index in [4.69, 9.17) is 9.15 Å². The molecular weight excluding hydrogens is 477 g/mol. The van der Waals surface area contributed by atoms with Crippen LogP contribution in [0.4, 0.5) is 16.1 Å². The summed E-state index contributed by atoms with van der Waals surface area (Å²) in [4.78, 5) is 30.6. The highest BCUT2D eigenvalue weighted by Crippen LogP contribution is 2.34. The number of aromatic nitrogens is 1. The summed E-state index contributed by atoms with van der Waals surface area (Å²) in [7, 11) is 0. The molecule has 1 aliphatic heterocycles. The first-order chi connectivity index (χ1) is 17.8. The minimum Gasteiger partial charge on any atom is -0.481 e. The van der Waals surface area contributed by atoms with Crippen molar-refractivity contribution in [1.29, 1.82) is 0 Å². The van der Waals surface area contributed by atoms with Crippen LogP contribution in [0.3, 0.4) is 0 Å². The second kappa shape index (κ2) is 10.6. The Labute approximate surface area is 214 Å². The van der Waals surface area contributed by atoms with Gasteiger partial charge in [-0.15, -0.1) is 0 Å². The Hall–Kier alpha value is -3.30. The minimum atomic E-state index is -2.51. The molecule has 3 aromatic rings. The predicted molar refractivity (Wildman–Crippen MR) is 136 cm³/mol. The summed E-state index contributed by atoms with van der Waals surface area (Å²) in [5, 5.41) is 12.4. The number of oxazole rings is 1. The van der Waals surface area contributed by atoms with Gasteiger partial charge in [0.15, 0.2) is 5.58 Å². The molecule has 0 bridgehead atoms. The van der Waals surface area contributed by atoms with Crippen LogP contribution in [0, 0.1) is 12.8 Å². The molecule has 0 amide bonds. The number of aryl methyl sites for hydroxylation is 1. The molecule has 0 spiro atoms. The number of anilines is 2. The fourth-order valence-corrected chi connectivity index (χ4v) is 5.28. The molecule has 1 saturated carbocycles. The lowest BCUT2D eigenvalue weighted by atomic mass is 9.87. The maximum absolute atomic E-state index is 16.4. The lowest BCUT2D eigenvalue weighted by molar-refractivity contribution is -0.252. The van der Waals surface area contributed by atoms with Crippen molar-refractivity contribution in [2.75, 3.05) is 18.4 Å². The normalized spacial score (nSPS) is 22.1. The number of carbonyl (C=O) groups excluding carboxylic acids is 1. The van der Waals surface area contributed by atoms with Gasteiger partial charge in [0.05, 0.1) is 12.0 Å². The molecule has 8 nitrogen and oxygen atoms in total. The fraction of sp³-hybridized carbons (Fsp3) is 0.464. The highest BCUT2D eigenvalue weighted by atomic mass is 19.2. The quantitative estimate of drug-likeness (QED) is 0.371. The van der Waals surface area contributed by atoms with Crippen LogP contribution >= 0.6 is 0 Å². The maximum Gasteiger partial charge on any atom is 0.330 e. The van der Waals surface area contributed by atoms with E-state index in [1.807, 2.05) is 43.3 Å². The first-order valence-electron chi connectivity index (χ1n) is 12.9. The van der Waals surface area contributed by atoms with Crippen LogP contribution in [0.5, 0.6) is 0 Å². The standard InChI is InChI=1S/C28H32FN3O5/c1-18-16-19(8-13-22(18)30-27-31-23-6-2-3-7-24(23)36-27)17-25(33)28(29,32-14-4-5-15-32)37-21-11-9-20(10-12-21)26(34)35/h2-3,6-8,13,16,20-21H,4-5,9-12,14-15,17H2,1H3,(H,30,31)(H,34,35). The minimum absolute atomic E-state index is 0.110. The number of hydrogen-bond acceptors (Lipinski definition) is 7. The van der Waals surface area contributed by atoms with Crippen molar-refractivity contribution < 1.29 is 28.2 Å². The summed E-state index contributed by atoms with van der Waals surface area (Å²) in [5.74, 6) is -4.40. The van der Waals surface area contributed by atoms with Crippen LogP contribution in [-0.2, 0) is 20.7 Å². The van der Waals surface area contributed by atoms with E-state index >= 15 is 4.39 Å². The maximum atomic E-state index is 16.4. The Morgan fingerprint density at radius 3 is 2.57 bits per heavy atom. The van der Waals surface area contributed by atoms with Crippen molar-refractivity contribution in [2.45, 2.75) is 64.0 Å². The van der Waals surface area contributed by atoms with E-state index in [-0.39, 0.29) is 6.42 Å². The van der Waals surface area contributed by atoms with E-state index in [0.29, 0.717) is 55.9 Å². The number of carboxylic acid groups (broad SMARTS) is 1. The number of nitrogens with one attached hydrogen (secondary N) is 1. The van der Waals surface area contributed by atoms with E-state index in [1.165, 1.54) is 4.90 Å². The second-order valence-corrected chi connectivity index (χ2v) is 10.0. The molecule has 9 heteroatoms. The zero-order valence-corrected chi connectivity index (χ0v) is 20.9. The third-order valence-electron chi connectivity index (χ3n) is 7.39. The molecule has 5 rings (SSSR count). The number of ether oxygens (including phenoxy) is 1. The molecular formula is C28H32FN3O5. The second-order valence-electron chi connectivity index (χ2n) is 10.0. The summed E-state index contributed by atoms with van der Waals surface area (Å²) in [6.07, 6.45) is 2.75. The summed E-state index contributed by atoms with van der Waals surface area (Å²) in [6.45, 7) is 2.82. The Balaban J connectivity index is 1.28. The molecule has 2 N–H and O–H groups in total. The van der Waals surface area contributed by atoms with Gasteiger partial charge in [-0.2, -0.15) is 9.37 Å². The number of benzene rings is 2.